The molecule has 0 saturated carbocycles. The second kappa shape index (κ2) is 8.10. The van der Waals surface area contributed by atoms with Gasteiger partial charge in [0.1, 0.15) is 10.1 Å². The van der Waals surface area contributed by atoms with Crippen LogP contribution in [0.4, 0.5) is 22.7 Å². The molecule has 5 N–H and O–H groups in total. The molecule has 0 aromatic heterocycles. The number of nitrogen functional groups attached to an aromatic ring is 2. The number of hydrogen-bond donors (Lipinski definition) is 3. The first kappa shape index (κ1) is 23.0. The summed E-state index contributed by atoms with van der Waals surface area (Å²) in [5.74, 6) is -1.14. The van der Waals surface area contributed by atoms with Crippen molar-refractivity contribution in [3.05, 3.63) is 76.3 Å². The van der Waals surface area contributed by atoms with Crippen LogP contribution in [0.15, 0.2) is 53.4 Å². The number of nitrogens with one attached hydrogen (secondary N) is 1. The van der Waals surface area contributed by atoms with E-state index >= 15 is 0 Å². The van der Waals surface area contributed by atoms with Crippen LogP contribution < -0.4 is 46.3 Å². The van der Waals surface area contributed by atoms with Crippen molar-refractivity contribution in [3.63, 3.8) is 0 Å². The Balaban J connectivity index is 0.00000272. The molecule has 10 heteroatoms. The first-order valence-electron chi connectivity index (χ1n) is 8.84. The summed E-state index contributed by atoms with van der Waals surface area (Å²) in [6.45, 7) is 1.73. The summed E-state index contributed by atoms with van der Waals surface area (Å²) in [5.41, 5.74) is 12.7. The maximum Gasteiger partial charge on any atom is 1.00 e. The predicted molar refractivity (Wildman–Crippen MR) is 111 cm³/mol. The smallest absolute Gasteiger partial charge is 0.744 e. The Bertz CT molecular complexity index is 1370. The Hall–Kier alpha value is -2.69. The van der Waals surface area contributed by atoms with Gasteiger partial charge in [0, 0.05) is 22.5 Å². The predicted octanol–water partition coefficient (Wildman–Crippen LogP) is -0.413. The van der Waals surface area contributed by atoms with Crippen LogP contribution >= 0.6 is 0 Å². The minimum atomic E-state index is -5.02. The summed E-state index contributed by atoms with van der Waals surface area (Å²) in [7, 11) is -5.02. The molecule has 8 nitrogen and oxygen atoms in total. The maximum absolute atomic E-state index is 13.2. The molecule has 3 aromatic rings. The van der Waals surface area contributed by atoms with Crippen LogP contribution in [-0.2, 0) is 10.1 Å². The third kappa shape index (κ3) is 3.75. The van der Waals surface area contributed by atoms with Gasteiger partial charge in [0.25, 0.3) is 0 Å². The van der Waals surface area contributed by atoms with Crippen LogP contribution in [0.25, 0.3) is 0 Å². The third-order valence-corrected chi connectivity index (χ3v) is 5.99. The second-order valence-corrected chi connectivity index (χ2v) is 8.24. The Morgan fingerprint density at radius 1 is 0.871 bits per heavy atom. The number of benzene rings is 3. The fourth-order valence-corrected chi connectivity index (χ4v) is 4.17. The van der Waals surface area contributed by atoms with Crippen molar-refractivity contribution in [2.24, 2.45) is 0 Å². The van der Waals surface area contributed by atoms with Crippen LogP contribution in [0.1, 0.15) is 37.4 Å². The molecule has 0 aliphatic heterocycles. The third-order valence-electron chi connectivity index (χ3n) is 5.11. The van der Waals surface area contributed by atoms with Gasteiger partial charge in [-0.05, 0) is 30.7 Å². The van der Waals surface area contributed by atoms with Gasteiger partial charge in [0.2, 0.25) is 0 Å². The molecule has 31 heavy (non-hydrogen) atoms. The number of fused-ring (bicyclic) bond motifs is 2. The number of carbonyl (C=O) groups is 2. The molecule has 3 aromatic carbocycles. The Morgan fingerprint density at radius 3 is 2.03 bits per heavy atom. The van der Waals surface area contributed by atoms with Crippen LogP contribution in [-0.4, -0.2) is 24.5 Å². The van der Waals surface area contributed by atoms with Crippen LogP contribution in [0.3, 0.4) is 0 Å². The van der Waals surface area contributed by atoms with E-state index in [1.165, 1.54) is 12.1 Å². The van der Waals surface area contributed by atoms with E-state index in [4.69, 9.17) is 11.5 Å². The van der Waals surface area contributed by atoms with E-state index < -0.39 is 32.3 Å². The standard InChI is InChI=1S/C21H17N3O5S.Na/c1-10-13(22)7-4-8-14(10)24-15-9-16(30(27,28)29)19(23)18-17(15)20(25)11-5-2-3-6-12(11)21(18)26;/h2-9,24H,22-23H2,1H3,(H,27,28,29);/q;+1/p-1. The van der Waals surface area contributed by atoms with Gasteiger partial charge in [0.05, 0.1) is 27.4 Å². The molecule has 0 atom stereocenters. The molecule has 4 rings (SSSR count). The van der Waals surface area contributed by atoms with Crippen molar-refractivity contribution in [2.75, 3.05) is 16.8 Å². The van der Waals surface area contributed by atoms with Gasteiger partial charge >= 0.3 is 29.6 Å². The summed E-state index contributed by atoms with van der Waals surface area (Å²) < 4.78 is 35.5. The Kier molecular flexibility index (Phi) is 6.01. The molecule has 0 saturated heterocycles. The topological polar surface area (TPSA) is 155 Å². The fourth-order valence-electron chi connectivity index (χ4n) is 3.53. The average molecular weight is 445 g/mol. The molecule has 0 unspecified atom stereocenters. The number of hydrogen-bond acceptors (Lipinski definition) is 8. The quantitative estimate of drug-likeness (QED) is 0.218. The summed E-state index contributed by atoms with van der Waals surface area (Å²) in [4.78, 5) is 25.6. The van der Waals surface area contributed by atoms with Crippen molar-refractivity contribution < 1.29 is 52.1 Å². The van der Waals surface area contributed by atoms with Gasteiger partial charge in [-0.25, -0.2) is 8.42 Å². The van der Waals surface area contributed by atoms with Crippen LogP contribution in [0.2, 0.25) is 0 Å². The zero-order chi connectivity index (χ0) is 21.8. The molecule has 0 bridgehead atoms. The summed E-state index contributed by atoms with van der Waals surface area (Å²) >= 11 is 0. The first-order valence-corrected chi connectivity index (χ1v) is 10.2. The molecule has 0 spiro atoms. The van der Waals surface area contributed by atoms with Gasteiger partial charge in [-0.15, -0.1) is 0 Å². The summed E-state index contributed by atoms with van der Waals surface area (Å²) in [5, 5.41) is 2.95. The number of carbonyl (C=O) groups excluding carboxylic acids is 2. The minimum absolute atomic E-state index is 0. The van der Waals surface area contributed by atoms with Crippen LogP contribution in [0, 0.1) is 6.92 Å². The van der Waals surface area contributed by atoms with Gasteiger partial charge in [-0.2, -0.15) is 0 Å². The fraction of sp³-hybridized carbons (Fsp3) is 0.0476. The zero-order valence-electron chi connectivity index (χ0n) is 16.7. The maximum atomic E-state index is 13.2. The van der Waals surface area contributed by atoms with Gasteiger partial charge in [-0.1, -0.05) is 30.3 Å². The number of nitrogens with two attached hydrogens (primary N) is 2. The van der Waals surface area contributed by atoms with Crippen molar-refractivity contribution >= 4 is 44.4 Å². The monoisotopic (exact) mass is 445 g/mol. The molecule has 1 aliphatic carbocycles. The van der Waals surface area contributed by atoms with Crippen molar-refractivity contribution in [2.45, 2.75) is 11.8 Å². The molecule has 0 fully saturated rings. The normalized spacial score (nSPS) is 12.6. The molecule has 152 valence electrons. The van der Waals surface area contributed by atoms with E-state index in [0.717, 1.165) is 6.07 Å². The largest absolute Gasteiger partial charge is 1.00 e. The number of anilines is 4. The Labute approximate surface area is 200 Å². The van der Waals surface area contributed by atoms with E-state index in [9.17, 15) is 22.6 Å². The van der Waals surface area contributed by atoms with Crippen molar-refractivity contribution in [1.29, 1.82) is 0 Å². The number of ketones is 2. The van der Waals surface area contributed by atoms with Crippen LogP contribution in [0.5, 0.6) is 0 Å². The van der Waals surface area contributed by atoms with E-state index in [1.54, 1.807) is 37.3 Å². The molecule has 0 amide bonds. The van der Waals surface area contributed by atoms with Gasteiger partial charge in [-0.3, -0.25) is 9.59 Å². The van der Waals surface area contributed by atoms with Crippen molar-refractivity contribution in [1.82, 2.24) is 0 Å². The number of rotatable bonds is 3. The molecular formula is C21H16N3NaO5S. The van der Waals surface area contributed by atoms with Gasteiger partial charge in [0.15, 0.2) is 11.6 Å². The first-order chi connectivity index (χ1) is 14.1. The molecule has 1 aliphatic rings. The van der Waals surface area contributed by atoms with E-state index in [1.807, 2.05) is 0 Å². The van der Waals surface area contributed by atoms with Crippen molar-refractivity contribution in [3.8, 4) is 0 Å². The minimum Gasteiger partial charge on any atom is -0.744 e. The van der Waals surface area contributed by atoms with Gasteiger partial charge < -0.3 is 21.3 Å². The van der Waals surface area contributed by atoms with E-state index in [-0.39, 0.29) is 57.5 Å². The Morgan fingerprint density at radius 2 is 1.45 bits per heavy atom. The SMILES string of the molecule is Cc1c(N)cccc1Nc1cc(S(=O)(=O)[O-])c(N)c2c1C(=O)c1ccccc1C2=O.[Na+]. The van der Waals surface area contributed by atoms with E-state index in [0.29, 0.717) is 16.9 Å². The molecular weight excluding hydrogens is 429 g/mol. The average Bonchev–Trinajstić information content (AvgIpc) is 2.69. The zero-order valence-corrected chi connectivity index (χ0v) is 19.5. The van der Waals surface area contributed by atoms with E-state index in [2.05, 4.69) is 5.32 Å². The molecule has 0 radical (unpaired) electrons. The summed E-state index contributed by atoms with van der Waals surface area (Å²) in [6.07, 6.45) is 0. The second-order valence-electron chi connectivity index (χ2n) is 6.89. The summed E-state index contributed by atoms with van der Waals surface area (Å²) in [6, 6.07) is 12.1. The molecule has 0 heterocycles.